The quantitative estimate of drug-likeness (QED) is 0.791. The zero-order valence-corrected chi connectivity index (χ0v) is 14.0. The maximum atomic E-state index is 13.8. The molecular formula is C13H18FNO5S2. The summed E-state index contributed by atoms with van der Waals surface area (Å²) in [7, 11) is -7.21. The van der Waals surface area contributed by atoms with Crippen molar-refractivity contribution in [1.29, 1.82) is 0 Å². The van der Waals surface area contributed by atoms with E-state index in [1.807, 2.05) is 0 Å². The molecule has 0 aromatic heterocycles. The molecule has 1 unspecified atom stereocenters. The third-order valence-electron chi connectivity index (χ3n) is 3.55. The lowest BCUT2D eigenvalue weighted by atomic mass is 10.3. The van der Waals surface area contributed by atoms with Gasteiger partial charge in [-0.15, -0.1) is 0 Å². The Kier molecular flexibility index (Phi) is 4.78. The number of halogens is 1. The Bertz CT molecular complexity index is 761. The number of nitrogens with zero attached hydrogens (tertiary/aromatic N) is 1. The van der Waals surface area contributed by atoms with Crippen molar-refractivity contribution in [1.82, 2.24) is 4.31 Å². The van der Waals surface area contributed by atoms with Crippen LogP contribution in [0.1, 0.15) is 13.3 Å². The molecule has 1 aliphatic heterocycles. The first kappa shape index (κ1) is 17.2. The van der Waals surface area contributed by atoms with Gasteiger partial charge in [0.1, 0.15) is 0 Å². The summed E-state index contributed by atoms with van der Waals surface area (Å²) in [4.78, 5) is -0.206. The van der Waals surface area contributed by atoms with E-state index in [0.29, 0.717) is 0 Å². The Morgan fingerprint density at radius 1 is 1.32 bits per heavy atom. The van der Waals surface area contributed by atoms with Gasteiger partial charge in [0.2, 0.25) is 10.0 Å². The minimum absolute atomic E-state index is 0.0168. The molecule has 0 N–H and O–H groups in total. The fourth-order valence-electron chi connectivity index (χ4n) is 2.33. The van der Waals surface area contributed by atoms with Crippen molar-refractivity contribution < 1.29 is 26.0 Å². The summed E-state index contributed by atoms with van der Waals surface area (Å²) < 4.78 is 67.9. The van der Waals surface area contributed by atoms with Crippen molar-refractivity contribution in [3.63, 3.8) is 0 Å². The molecule has 0 saturated carbocycles. The van der Waals surface area contributed by atoms with E-state index < -0.39 is 30.9 Å². The Morgan fingerprint density at radius 3 is 2.50 bits per heavy atom. The van der Waals surface area contributed by atoms with Gasteiger partial charge in [-0.1, -0.05) is 0 Å². The van der Waals surface area contributed by atoms with E-state index in [2.05, 4.69) is 0 Å². The molecule has 1 aliphatic rings. The van der Waals surface area contributed by atoms with Crippen molar-refractivity contribution in [2.45, 2.75) is 23.5 Å². The number of sulfonamides is 1. The number of hydrogen-bond acceptors (Lipinski definition) is 5. The fourth-order valence-corrected chi connectivity index (χ4v) is 4.92. The van der Waals surface area contributed by atoms with Crippen molar-refractivity contribution in [2.24, 2.45) is 0 Å². The average Bonchev–Trinajstić information content (AvgIpc) is 2.91. The van der Waals surface area contributed by atoms with Crippen LogP contribution in [-0.2, 0) is 19.9 Å². The highest BCUT2D eigenvalue weighted by atomic mass is 32.2. The van der Waals surface area contributed by atoms with E-state index in [0.717, 1.165) is 16.6 Å². The molecule has 1 saturated heterocycles. The maximum absolute atomic E-state index is 13.8. The smallest absolute Gasteiger partial charge is 0.243 e. The second-order valence-corrected chi connectivity index (χ2v) is 9.39. The Balaban J connectivity index is 2.27. The third kappa shape index (κ3) is 3.41. The van der Waals surface area contributed by atoms with Crippen LogP contribution < -0.4 is 4.74 Å². The van der Waals surface area contributed by atoms with Crippen LogP contribution in [0, 0.1) is 5.82 Å². The Hall–Kier alpha value is -1.19. The predicted molar refractivity (Wildman–Crippen MR) is 79.6 cm³/mol. The van der Waals surface area contributed by atoms with Crippen molar-refractivity contribution in [3.05, 3.63) is 24.0 Å². The molecule has 1 aromatic carbocycles. The van der Waals surface area contributed by atoms with Crippen LogP contribution in [0.2, 0.25) is 0 Å². The van der Waals surface area contributed by atoms with E-state index >= 15 is 0 Å². The lowest BCUT2D eigenvalue weighted by Gasteiger charge is -2.17. The molecule has 0 bridgehead atoms. The minimum Gasteiger partial charge on any atom is -0.491 e. The molecule has 0 spiro atoms. The predicted octanol–water partition coefficient (Wildman–Crippen LogP) is 1.03. The van der Waals surface area contributed by atoms with Gasteiger partial charge in [0.25, 0.3) is 0 Å². The Labute approximate surface area is 129 Å². The first-order chi connectivity index (χ1) is 10.2. The standard InChI is InChI=1S/C13H18FNO5S2/c1-3-20-13-5-4-10(8-12(13)14)22(18,19)15-7-6-11(9-15)21(2,16)17/h4-5,8,11H,3,6-7,9H2,1-2H3. The average molecular weight is 351 g/mol. The van der Waals surface area contributed by atoms with Gasteiger partial charge < -0.3 is 4.74 Å². The zero-order chi connectivity index (χ0) is 16.5. The molecule has 1 aromatic rings. The van der Waals surface area contributed by atoms with Crippen LogP contribution in [0.4, 0.5) is 4.39 Å². The topological polar surface area (TPSA) is 80.8 Å². The molecule has 124 valence electrons. The summed E-state index contributed by atoms with van der Waals surface area (Å²) in [6, 6.07) is 3.42. The molecule has 1 heterocycles. The molecule has 0 radical (unpaired) electrons. The van der Waals surface area contributed by atoms with Crippen molar-refractivity contribution in [3.8, 4) is 5.75 Å². The third-order valence-corrected chi connectivity index (χ3v) is 7.01. The highest BCUT2D eigenvalue weighted by Gasteiger charge is 2.37. The highest BCUT2D eigenvalue weighted by molar-refractivity contribution is 7.91. The summed E-state index contributed by atoms with van der Waals surface area (Å²) in [6.07, 6.45) is 1.34. The molecule has 2 rings (SSSR count). The lowest BCUT2D eigenvalue weighted by Crippen LogP contribution is -2.31. The number of hydrogen-bond donors (Lipinski definition) is 0. The van der Waals surface area contributed by atoms with E-state index in [-0.39, 0.29) is 36.8 Å². The van der Waals surface area contributed by atoms with Gasteiger partial charge in [-0.05, 0) is 31.5 Å². The summed E-state index contributed by atoms with van der Waals surface area (Å²) in [5.74, 6) is -0.779. The Morgan fingerprint density at radius 2 is 2.00 bits per heavy atom. The SMILES string of the molecule is CCOc1ccc(S(=O)(=O)N2CCC(S(C)(=O)=O)C2)cc1F. The molecule has 6 nitrogen and oxygen atoms in total. The minimum atomic E-state index is -3.91. The second-order valence-electron chi connectivity index (χ2n) is 5.13. The number of rotatable bonds is 5. The number of benzene rings is 1. The largest absolute Gasteiger partial charge is 0.491 e. The first-order valence-corrected chi connectivity index (χ1v) is 10.2. The molecule has 9 heteroatoms. The van der Waals surface area contributed by atoms with Gasteiger partial charge in [-0.3, -0.25) is 0 Å². The van der Waals surface area contributed by atoms with E-state index in [1.165, 1.54) is 12.1 Å². The van der Waals surface area contributed by atoms with Crippen LogP contribution >= 0.6 is 0 Å². The van der Waals surface area contributed by atoms with Gasteiger partial charge in [0.15, 0.2) is 21.4 Å². The molecular weight excluding hydrogens is 333 g/mol. The van der Waals surface area contributed by atoms with Crippen LogP contribution in [0.5, 0.6) is 5.75 Å². The summed E-state index contributed by atoms with van der Waals surface area (Å²) in [6.45, 7) is 1.97. The van der Waals surface area contributed by atoms with Gasteiger partial charge in [-0.25, -0.2) is 21.2 Å². The molecule has 0 amide bonds. The summed E-state index contributed by atoms with van der Waals surface area (Å²) in [5, 5.41) is -0.713. The summed E-state index contributed by atoms with van der Waals surface area (Å²) >= 11 is 0. The second kappa shape index (κ2) is 6.13. The number of sulfone groups is 1. The normalized spacial score (nSPS) is 20.2. The van der Waals surface area contributed by atoms with E-state index in [9.17, 15) is 21.2 Å². The van der Waals surface area contributed by atoms with Gasteiger partial charge in [-0.2, -0.15) is 4.31 Å². The van der Waals surface area contributed by atoms with E-state index in [1.54, 1.807) is 6.92 Å². The van der Waals surface area contributed by atoms with Gasteiger partial charge in [0.05, 0.1) is 16.8 Å². The first-order valence-electron chi connectivity index (χ1n) is 6.77. The van der Waals surface area contributed by atoms with Gasteiger partial charge >= 0.3 is 0 Å². The van der Waals surface area contributed by atoms with Gasteiger partial charge in [0, 0.05) is 19.3 Å². The van der Waals surface area contributed by atoms with Crippen molar-refractivity contribution in [2.75, 3.05) is 26.0 Å². The summed E-state index contributed by atoms with van der Waals surface area (Å²) in [5.41, 5.74) is 0. The fraction of sp³-hybridized carbons (Fsp3) is 0.538. The van der Waals surface area contributed by atoms with Crippen molar-refractivity contribution >= 4 is 19.9 Å². The van der Waals surface area contributed by atoms with E-state index in [4.69, 9.17) is 4.74 Å². The van der Waals surface area contributed by atoms with Crippen LogP contribution in [0.25, 0.3) is 0 Å². The van der Waals surface area contributed by atoms with Crippen LogP contribution in [0.3, 0.4) is 0 Å². The zero-order valence-electron chi connectivity index (χ0n) is 12.3. The van der Waals surface area contributed by atoms with Crippen LogP contribution in [0.15, 0.2) is 23.1 Å². The monoisotopic (exact) mass is 351 g/mol. The molecule has 1 atom stereocenters. The molecule has 0 aliphatic carbocycles. The van der Waals surface area contributed by atoms with Crippen LogP contribution in [-0.4, -0.2) is 52.3 Å². The lowest BCUT2D eigenvalue weighted by molar-refractivity contribution is 0.321. The maximum Gasteiger partial charge on any atom is 0.243 e. The number of ether oxygens (including phenoxy) is 1. The molecule has 1 fully saturated rings. The molecule has 22 heavy (non-hydrogen) atoms. The highest BCUT2D eigenvalue weighted by Crippen LogP contribution is 2.27.